The Morgan fingerprint density at radius 3 is 2.56 bits per heavy atom. The molecule has 0 bridgehead atoms. The summed E-state index contributed by atoms with van der Waals surface area (Å²) in [5, 5.41) is 15.1. The molecule has 7 nitrogen and oxygen atoms in total. The van der Waals surface area contributed by atoms with Crippen molar-refractivity contribution in [2.45, 2.75) is 31.5 Å². The number of carbonyl (C=O) groups excluding carboxylic acids is 2. The van der Waals surface area contributed by atoms with Crippen LogP contribution in [0.4, 0.5) is 10.1 Å². The van der Waals surface area contributed by atoms with Crippen molar-refractivity contribution < 1.29 is 14.0 Å². The summed E-state index contributed by atoms with van der Waals surface area (Å²) in [5.74, 6) is -0.413. The fraction of sp³-hybridized carbons (Fsp3) is 0.304. The first-order valence-electron chi connectivity index (χ1n) is 10.5. The molecule has 0 radical (unpaired) electrons. The minimum Gasteiger partial charge on any atom is -0.342 e. The molecule has 0 fully saturated rings. The molecule has 0 aliphatic heterocycles. The van der Waals surface area contributed by atoms with Crippen molar-refractivity contribution in [2.24, 2.45) is 13.0 Å². The minimum atomic E-state index is -0.505. The number of benzene rings is 2. The SMILES string of the molecule is CC(C)C[C@@H](NC(=O)c1ccc(Cl)cc1Cl)c1nnc(SCC(=O)Nc2ccccc2F)n1C. The molecule has 180 valence electrons. The largest absolute Gasteiger partial charge is 0.342 e. The van der Waals surface area contributed by atoms with Crippen molar-refractivity contribution in [1.82, 2.24) is 20.1 Å². The lowest BCUT2D eigenvalue weighted by atomic mass is 10.0. The van der Waals surface area contributed by atoms with Gasteiger partial charge in [-0.3, -0.25) is 9.59 Å². The van der Waals surface area contributed by atoms with E-state index in [1.54, 1.807) is 35.9 Å². The Kier molecular flexibility index (Phi) is 8.93. The smallest absolute Gasteiger partial charge is 0.253 e. The van der Waals surface area contributed by atoms with Gasteiger partial charge in [-0.25, -0.2) is 4.39 Å². The number of hydrogen-bond acceptors (Lipinski definition) is 5. The van der Waals surface area contributed by atoms with Crippen molar-refractivity contribution in [2.75, 3.05) is 11.1 Å². The molecule has 0 saturated carbocycles. The molecule has 0 aliphatic rings. The Morgan fingerprint density at radius 2 is 1.88 bits per heavy atom. The van der Waals surface area contributed by atoms with Crippen LogP contribution < -0.4 is 10.6 Å². The zero-order valence-corrected chi connectivity index (χ0v) is 21.1. The van der Waals surface area contributed by atoms with Crippen LogP contribution in [0.5, 0.6) is 0 Å². The number of carbonyl (C=O) groups is 2. The number of rotatable bonds is 9. The first-order valence-corrected chi connectivity index (χ1v) is 12.2. The highest BCUT2D eigenvalue weighted by Gasteiger charge is 2.24. The number of nitrogens with zero attached hydrogens (tertiary/aromatic N) is 3. The van der Waals surface area contributed by atoms with Crippen LogP contribution in [0.15, 0.2) is 47.6 Å². The number of hydrogen-bond donors (Lipinski definition) is 2. The van der Waals surface area contributed by atoms with Gasteiger partial charge in [0.25, 0.3) is 5.91 Å². The number of nitrogens with one attached hydrogen (secondary N) is 2. The molecule has 11 heteroatoms. The van der Waals surface area contributed by atoms with E-state index >= 15 is 0 Å². The van der Waals surface area contributed by atoms with Crippen LogP contribution in [0.2, 0.25) is 10.0 Å². The van der Waals surface area contributed by atoms with Gasteiger partial charge in [-0.15, -0.1) is 10.2 Å². The predicted molar refractivity (Wildman–Crippen MR) is 133 cm³/mol. The van der Waals surface area contributed by atoms with E-state index in [9.17, 15) is 14.0 Å². The maximum Gasteiger partial charge on any atom is 0.253 e. The van der Waals surface area contributed by atoms with Gasteiger partial charge >= 0.3 is 0 Å². The second-order valence-electron chi connectivity index (χ2n) is 8.00. The number of aromatic nitrogens is 3. The van der Waals surface area contributed by atoms with Crippen molar-refractivity contribution >= 4 is 52.5 Å². The van der Waals surface area contributed by atoms with E-state index in [2.05, 4.69) is 20.8 Å². The van der Waals surface area contributed by atoms with E-state index in [0.29, 0.717) is 28.0 Å². The highest BCUT2D eigenvalue weighted by atomic mass is 35.5. The summed E-state index contributed by atoms with van der Waals surface area (Å²) in [4.78, 5) is 25.2. The first kappa shape index (κ1) is 26.0. The first-order chi connectivity index (χ1) is 16.2. The Morgan fingerprint density at radius 1 is 1.15 bits per heavy atom. The number of amides is 2. The average molecular weight is 524 g/mol. The molecule has 1 atom stereocenters. The summed E-state index contributed by atoms with van der Waals surface area (Å²) in [6, 6.07) is 10.2. The molecule has 2 amide bonds. The average Bonchev–Trinajstić information content (AvgIpc) is 3.13. The van der Waals surface area contributed by atoms with Gasteiger partial charge in [0.05, 0.1) is 28.1 Å². The molecule has 3 rings (SSSR count). The lowest BCUT2D eigenvalue weighted by Crippen LogP contribution is -2.31. The van der Waals surface area contributed by atoms with E-state index in [4.69, 9.17) is 23.2 Å². The molecular weight excluding hydrogens is 500 g/mol. The Bertz CT molecular complexity index is 1190. The molecule has 0 spiro atoms. The van der Waals surface area contributed by atoms with Crippen LogP contribution in [0.25, 0.3) is 0 Å². The van der Waals surface area contributed by atoms with E-state index < -0.39 is 11.9 Å². The lowest BCUT2D eigenvalue weighted by Gasteiger charge is -2.20. The van der Waals surface area contributed by atoms with Crippen LogP contribution in [-0.2, 0) is 11.8 Å². The summed E-state index contributed by atoms with van der Waals surface area (Å²) < 4.78 is 15.5. The fourth-order valence-electron chi connectivity index (χ4n) is 3.24. The summed E-state index contributed by atoms with van der Waals surface area (Å²) in [5.41, 5.74) is 0.425. The summed E-state index contributed by atoms with van der Waals surface area (Å²) in [7, 11) is 1.77. The highest BCUT2D eigenvalue weighted by Crippen LogP contribution is 2.26. The van der Waals surface area contributed by atoms with E-state index in [-0.39, 0.29) is 34.2 Å². The summed E-state index contributed by atoms with van der Waals surface area (Å²) >= 11 is 13.3. The summed E-state index contributed by atoms with van der Waals surface area (Å²) in [6.45, 7) is 4.07. The third-order valence-electron chi connectivity index (χ3n) is 4.85. The van der Waals surface area contributed by atoms with Crippen LogP contribution >= 0.6 is 35.0 Å². The standard InChI is InChI=1S/C23H24Cl2FN5O2S/c1-13(2)10-19(28-22(33)15-9-8-14(24)11-16(15)25)21-29-30-23(31(21)3)34-12-20(32)27-18-7-5-4-6-17(18)26/h4-9,11,13,19H,10,12H2,1-3H3,(H,27,32)(H,28,33)/t19-/m1/s1. The van der Waals surface area contributed by atoms with Gasteiger partial charge in [0.15, 0.2) is 11.0 Å². The van der Waals surface area contributed by atoms with E-state index in [1.807, 2.05) is 13.8 Å². The second kappa shape index (κ2) is 11.7. The van der Waals surface area contributed by atoms with Crippen molar-refractivity contribution in [3.05, 3.63) is 69.7 Å². The second-order valence-corrected chi connectivity index (χ2v) is 9.78. The topological polar surface area (TPSA) is 88.9 Å². The van der Waals surface area contributed by atoms with Gasteiger partial charge < -0.3 is 15.2 Å². The zero-order chi connectivity index (χ0) is 24.8. The Labute approximate surface area is 211 Å². The lowest BCUT2D eigenvalue weighted by molar-refractivity contribution is -0.113. The molecule has 34 heavy (non-hydrogen) atoms. The fourth-order valence-corrected chi connectivity index (χ4v) is 4.46. The zero-order valence-electron chi connectivity index (χ0n) is 18.8. The Balaban J connectivity index is 1.71. The minimum absolute atomic E-state index is 0.0158. The van der Waals surface area contributed by atoms with Gasteiger partial charge in [-0.2, -0.15) is 0 Å². The monoisotopic (exact) mass is 523 g/mol. The molecular formula is C23H24Cl2FN5O2S. The van der Waals surface area contributed by atoms with Gasteiger partial charge in [0.2, 0.25) is 5.91 Å². The molecule has 0 aliphatic carbocycles. The molecule has 2 aromatic carbocycles. The Hall–Kier alpha value is -2.62. The number of thioether (sulfide) groups is 1. The van der Waals surface area contributed by atoms with Crippen molar-refractivity contribution in [1.29, 1.82) is 0 Å². The van der Waals surface area contributed by atoms with Gasteiger partial charge in [-0.1, -0.05) is 60.9 Å². The molecule has 1 heterocycles. The number of para-hydroxylation sites is 1. The normalized spacial score (nSPS) is 12.0. The van der Waals surface area contributed by atoms with Crippen LogP contribution in [0.3, 0.4) is 0 Å². The van der Waals surface area contributed by atoms with Gasteiger partial charge in [0, 0.05) is 12.1 Å². The van der Waals surface area contributed by atoms with Crippen LogP contribution in [0.1, 0.15) is 42.5 Å². The number of halogens is 3. The highest BCUT2D eigenvalue weighted by molar-refractivity contribution is 7.99. The molecule has 2 N–H and O–H groups in total. The summed E-state index contributed by atoms with van der Waals surface area (Å²) in [6.07, 6.45) is 0.612. The van der Waals surface area contributed by atoms with E-state index in [1.165, 1.54) is 18.2 Å². The molecule has 3 aromatic rings. The molecule has 0 unspecified atom stereocenters. The maximum atomic E-state index is 13.7. The van der Waals surface area contributed by atoms with E-state index in [0.717, 1.165) is 11.8 Å². The molecule has 1 aromatic heterocycles. The van der Waals surface area contributed by atoms with Crippen LogP contribution in [-0.4, -0.2) is 32.3 Å². The third-order valence-corrected chi connectivity index (χ3v) is 6.42. The van der Waals surface area contributed by atoms with Crippen LogP contribution in [0, 0.1) is 11.7 Å². The van der Waals surface area contributed by atoms with Gasteiger partial charge in [-0.05, 0) is 42.7 Å². The third kappa shape index (κ3) is 6.71. The number of anilines is 1. The predicted octanol–water partition coefficient (Wildman–Crippen LogP) is 5.51. The van der Waals surface area contributed by atoms with Crippen molar-refractivity contribution in [3.8, 4) is 0 Å². The quantitative estimate of drug-likeness (QED) is 0.361. The molecule has 0 saturated heterocycles. The van der Waals surface area contributed by atoms with Gasteiger partial charge in [0.1, 0.15) is 5.82 Å². The van der Waals surface area contributed by atoms with Crippen molar-refractivity contribution in [3.63, 3.8) is 0 Å². The maximum absolute atomic E-state index is 13.7.